The number of rotatable bonds is 5. The van der Waals surface area contributed by atoms with E-state index in [1.807, 2.05) is 24.8 Å². The van der Waals surface area contributed by atoms with Gasteiger partial charge in [-0.2, -0.15) is 0 Å². The molecule has 3 rings (SSSR count). The molecule has 25 heavy (non-hydrogen) atoms. The number of nitrogens with zero attached hydrogens (tertiary/aromatic N) is 3. The first-order valence-electron chi connectivity index (χ1n) is 9.21. The third-order valence-electron chi connectivity index (χ3n) is 5.36. The van der Waals surface area contributed by atoms with Crippen LogP contribution >= 0.6 is 0 Å². The van der Waals surface area contributed by atoms with Crippen LogP contribution in [-0.2, 0) is 15.9 Å². The smallest absolute Gasteiger partial charge is 0.409 e. The van der Waals surface area contributed by atoms with Crippen molar-refractivity contribution in [3.8, 4) is 0 Å². The zero-order chi connectivity index (χ0) is 17.8. The standard InChI is InChI=1S/C18H29N3O4/c1-4-24-18(22)20-7-5-15(6-8-20)21-11-14(17(12-21)23-3)10-16-9-13(2)19-25-16/h9,14-15,17H,4-8,10-12H2,1-3H3/t14-,17+/m1/s1. The summed E-state index contributed by atoms with van der Waals surface area (Å²) in [5, 5.41) is 3.98. The van der Waals surface area contributed by atoms with Crippen molar-refractivity contribution in [2.24, 2.45) is 5.92 Å². The normalized spacial score (nSPS) is 25.5. The molecule has 0 radical (unpaired) electrons. The van der Waals surface area contributed by atoms with Crippen LogP contribution < -0.4 is 0 Å². The van der Waals surface area contributed by atoms with Crippen molar-refractivity contribution in [1.82, 2.24) is 15.0 Å². The van der Waals surface area contributed by atoms with Gasteiger partial charge in [-0.1, -0.05) is 5.16 Å². The van der Waals surface area contributed by atoms with Crippen molar-refractivity contribution >= 4 is 6.09 Å². The number of amides is 1. The van der Waals surface area contributed by atoms with Crippen molar-refractivity contribution in [3.63, 3.8) is 0 Å². The van der Waals surface area contributed by atoms with E-state index in [4.69, 9.17) is 14.0 Å². The van der Waals surface area contributed by atoms with E-state index in [1.165, 1.54) is 0 Å². The summed E-state index contributed by atoms with van der Waals surface area (Å²) in [5.74, 6) is 1.35. The van der Waals surface area contributed by atoms with Crippen LogP contribution in [0.4, 0.5) is 4.79 Å². The highest BCUT2D eigenvalue weighted by Gasteiger charge is 2.38. The fourth-order valence-electron chi connectivity index (χ4n) is 4.03. The summed E-state index contributed by atoms with van der Waals surface area (Å²) in [5.41, 5.74) is 0.921. The third-order valence-corrected chi connectivity index (χ3v) is 5.36. The predicted molar refractivity (Wildman–Crippen MR) is 92.4 cm³/mol. The summed E-state index contributed by atoms with van der Waals surface area (Å²) in [4.78, 5) is 16.2. The molecule has 7 nitrogen and oxygen atoms in total. The van der Waals surface area contributed by atoms with E-state index in [9.17, 15) is 4.79 Å². The fourth-order valence-corrected chi connectivity index (χ4v) is 4.03. The molecule has 3 heterocycles. The molecule has 0 unspecified atom stereocenters. The maximum atomic E-state index is 11.8. The van der Waals surface area contributed by atoms with Gasteiger partial charge in [0, 0.05) is 57.7 Å². The van der Waals surface area contributed by atoms with Gasteiger partial charge in [-0.05, 0) is 26.7 Å². The topological polar surface area (TPSA) is 68.0 Å². The van der Waals surface area contributed by atoms with Crippen LogP contribution in [0, 0.1) is 12.8 Å². The van der Waals surface area contributed by atoms with Crippen molar-refractivity contribution in [2.75, 3.05) is 39.9 Å². The molecule has 0 saturated carbocycles. The van der Waals surface area contributed by atoms with Gasteiger partial charge in [0.2, 0.25) is 0 Å². The van der Waals surface area contributed by atoms with Crippen LogP contribution in [0.3, 0.4) is 0 Å². The molecule has 0 bridgehead atoms. The quantitative estimate of drug-likeness (QED) is 0.809. The summed E-state index contributed by atoms with van der Waals surface area (Å²) >= 11 is 0. The second-order valence-electron chi connectivity index (χ2n) is 7.04. The molecule has 0 aromatic carbocycles. The zero-order valence-corrected chi connectivity index (χ0v) is 15.4. The maximum absolute atomic E-state index is 11.8. The molecule has 0 spiro atoms. The highest BCUT2D eigenvalue weighted by atomic mass is 16.6. The number of likely N-dealkylation sites (tertiary alicyclic amines) is 2. The Labute approximate surface area is 149 Å². The van der Waals surface area contributed by atoms with Gasteiger partial charge in [0.25, 0.3) is 0 Å². The minimum Gasteiger partial charge on any atom is -0.450 e. The van der Waals surface area contributed by atoms with Crippen LogP contribution in [0.1, 0.15) is 31.2 Å². The minimum atomic E-state index is -0.185. The predicted octanol–water partition coefficient (Wildman–Crippen LogP) is 2.09. The Balaban J connectivity index is 1.53. The molecule has 140 valence electrons. The van der Waals surface area contributed by atoms with E-state index in [0.29, 0.717) is 18.6 Å². The zero-order valence-electron chi connectivity index (χ0n) is 15.4. The largest absolute Gasteiger partial charge is 0.450 e. The number of ether oxygens (including phenoxy) is 2. The molecule has 1 aromatic rings. The number of piperidine rings is 1. The van der Waals surface area contributed by atoms with Gasteiger partial charge in [-0.3, -0.25) is 4.90 Å². The van der Waals surface area contributed by atoms with Gasteiger partial charge in [0.05, 0.1) is 18.4 Å². The number of aryl methyl sites for hydroxylation is 1. The first kappa shape index (κ1) is 18.2. The summed E-state index contributed by atoms with van der Waals surface area (Å²) in [7, 11) is 1.79. The third kappa shape index (κ3) is 4.33. The average Bonchev–Trinajstić information content (AvgIpc) is 3.21. The van der Waals surface area contributed by atoms with Crippen molar-refractivity contribution in [1.29, 1.82) is 0 Å². The first-order valence-corrected chi connectivity index (χ1v) is 9.21. The summed E-state index contributed by atoms with van der Waals surface area (Å²) in [6, 6.07) is 2.51. The van der Waals surface area contributed by atoms with Crippen LogP contribution in [0.2, 0.25) is 0 Å². The molecule has 2 atom stereocenters. The molecule has 2 fully saturated rings. The Morgan fingerprint density at radius 3 is 2.72 bits per heavy atom. The van der Waals surface area contributed by atoms with Gasteiger partial charge in [0.1, 0.15) is 5.76 Å². The van der Waals surface area contributed by atoms with E-state index in [0.717, 1.165) is 56.9 Å². The van der Waals surface area contributed by atoms with Gasteiger partial charge >= 0.3 is 6.09 Å². The Bertz CT molecular complexity index is 568. The number of hydrogen-bond acceptors (Lipinski definition) is 6. The van der Waals surface area contributed by atoms with Gasteiger partial charge in [-0.25, -0.2) is 4.79 Å². The average molecular weight is 351 g/mol. The second-order valence-corrected chi connectivity index (χ2v) is 7.04. The van der Waals surface area contributed by atoms with Gasteiger partial charge in [0.15, 0.2) is 0 Å². The lowest BCUT2D eigenvalue weighted by Gasteiger charge is -2.36. The molecule has 2 aliphatic rings. The highest BCUT2D eigenvalue weighted by molar-refractivity contribution is 5.67. The maximum Gasteiger partial charge on any atom is 0.409 e. The molecule has 7 heteroatoms. The van der Waals surface area contributed by atoms with Crippen molar-refractivity contribution in [2.45, 2.75) is 45.3 Å². The fraction of sp³-hybridized carbons (Fsp3) is 0.778. The molecule has 1 aromatic heterocycles. The highest BCUT2D eigenvalue weighted by Crippen LogP contribution is 2.28. The van der Waals surface area contributed by atoms with Crippen LogP contribution in [-0.4, -0.2) is 73.1 Å². The minimum absolute atomic E-state index is 0.185. The van der Waals surface area contributed by atoms with Crippen LogP contribution in [0.15, 0.2) is 10.6 Å². The number of methoxy groups -OCH3 is 1. The van der Waals surface area contributed by atoms with Crippen molar-refractivity contribution in [3.05, 3.63) is 17.5 Å². The molecule has 0 N–H and O–H groups in total. The van der Waals surface area contributed by atoms with E-state index >= 15 is 0 Å². The second kappa shape index (κ2) is 8.19. The van der Waals surface area contributed by atoms with E-state index in [2.05, 4.69) is 10.1 Å². The Morgan fingerprint density at radius 1 is 1.36 bits per heavy atom. The molecule has 2 aliphatic heterocycles. The Kier molecular flexibility index (Phi) is 5.96. The summed E-state index contributed by atoms with van der Waals surface area (Å²) in [6.07, 6.45) is 2.87. The van der Waals surface area contributed by atoms with Crippen LogP contribution in [0.5, 0.6) is 0 Å². The molecule has 0 aliphatic carbocycles. The number of aromatic nitrogens is 1. The lowest BCUT2D eigenvalue weighted by atomic mass is 10.00. The SMILES string of the molecule is CCOC(=O)N1CCC(N2C[C@@H](Cc3cc(C)no3)[C@@H](OC)C2)CC1. The van der Waals surface area contributed by atoms with Crippen molar-refractivity contribution < 1.29 is 18.8 Å². The Morgan fingerprint density at radius 2 is 2.12 bits per heavy atom. The first-order chi connectivity index (χ1) is 12.1. The number of hydrogen-bond donors (Lipinski definition) is 0. The summed E-state index contributed by atoms with van der Waals surface area (Å²) < 4.78 is 16.2. The number of carbonyl (C=O) groups excluding carboxylic acids is 1. The summed E-state index contributed by atoms with van der Waals surface area (Å²) in [6.45, 7) is 7.70. The van der Waals surface area contributed by atoms with E-state index < -0.39 is 0 Å². The molecular weight excluding hydrogens is 322 g/mol. The molecule has 1 amide bonds. The van der Waals surface area contributed by atoms with Crippen LogP contribution in [0.25, 0.3) is 0 Å². The molecule has 2 saturated heterocycles. The van der Waals surface area contributed by atoms with E-state index in [-0.39, 0.29) is 12.2 Å². The number of carbonyl (C=O) groups is 1. The molecular formula is C18H29N3O4. The van der Waals surface area contributed by atoms with E-state index in [1.54, 1.807) is 7.11 Å². The lowest BCUT2D eigenvalue weighted by Crippen LogP contribution is -2.46. The lowest BCUT2D eigenvalue weighted by molar-refractivity contribution is 0.0633. The monoisotopic (exact) mass is 351 g/mol. The Hall–Kier alpha value is -1.60. The van der Waals surface area contributed by atoms with Gasteiger partial charge in [-0.15, -0.1) is 0 Å². The van der Waals surface area contributed by atoms with Gasteiger partial charge < -0.3 is 18.9 Å².